The number of benzene rings is 1. The highest BCUT2D eigenvalue weighted by molar-refractivity contribution is 7.10. The van der Waals surface area contributed by atoms with Crippen molar-refractivity contribution in [1.82, 2.24) is 15.0 Å². The van der Waals surface area contributed by atoms with Crippen LogP contribution in [0.25, 0.3) is 0 Å². The van der Waals surface area contributed by atoms with Gasteiger partial charge in [0.1, 0.15) is 10.8 Å². The molecule has 0 amide bonds. The van der Waals surface area contributed by atoms with E-state index in [1.807, 2.05) is 18.4 Å². The van der Waals surface area contributed by atoms with Gasteiger partial charge in [0.25, 0.3) is 0 Å². The van der Waals surface area contributed by atoms with Crippen LogP contribution in [0.4, 0.5) is 11.5 Å². The van der Waals surface area contributed by atoms with Crippen LogP contribution in [-0.4, -0.2) is 20.7 Å². The van der Waals surface area contributed by atoms with Gasteiger partial charge in [-0.3, -0.25) is 9.78 Å². The predicted molar refractivity (Wildman–Crippen MR) is 91.3 cm³/mol. The van der Waals surface area contributed by atoms with E-state index in [9.17, 15) is 10.1 Å². The van der Waals surface area contributed by atoms with E-state index in [2.05, 4.69) is 26.3 Å². The van der Waals surface area contributed by atoms with Crippen molar-refractivity contribution >= 4 is 28.6 Å². The lowest BCUT2D eigenvalue weighted by molar-refractivity contribution is 0.0979. The lowest BCUT2D eigenvalue weighted by Crippen LogP contribution is -2.11. The smallest absolute Gasteiger partial charge is 0.187 e. The minimum Gasteiger partial charge on any atom is -0.339 e. The fourth-order valence-electron chi connectivity index (χ4n) is 2.16. The second-order valence-electron chi connectivity index (χ2n) is 5.05. The highest BCUT2D eigenvalue weighted by Crippen LogP contribution is 2.25. The van der Waals surface area contributed by atoms with Gasteiger partial charge in [-0.25, -0.2) is 9.97 Å². The molecule has 3 aromatic rings. The number of thiazole rings is 1. The molecule has 1 N–H and O–H groups in total. The largest absolute Gasteiger partial charge is 0.339 e. The number of rotatable bonds is 5. The van der Waals surface area contributed by atoms with Gasteiger partial charge in [0.15, 0.2) is 11.7 Å². The van der Waals surface area contributed by atoms with Crippen LogP contribution in [-0.2, 0) is 0 Å². The summed E-state index contributed by atoms with van der Waals surface area (Å²) in [5.74, 6) is -0.584. The molecule has 2 aromatic heterocycles. The molecule has 118 valence electrons. The van der Waals surface area contributed by atoms with Gasteiger partial charge in [0.2, 0.25) is 0 Å². The van der Waals surface area contributed by atoms with Gasteiger partial charge in [-0.1, -0.05) is 12.1 Å². The minimum absolute atomic E-state index is 0.269. The molecule has 0 fully saturated rings. The van der Waals surface area contributed by atoms with Crippen LogP contribution in [0.3, 0.4) is 0 Å². The highest BCUT2D eigenvalue weighted by Gasteiger charge is 2.24. The number of carbonyl (C=O) groups excluding carboxylic acids is 1. The standard InChI is InChI=1S/C17H13N5OS/c1-11-10-24-17(21-11)14(8-18)16(23)12-3-2-4-13(7-12)22-15-9-19-5-6-20-15/h2-7,9-10,14H,1H3,(H,20,22)/t14-/m0/s1. The van der Waals surface area contributed by atoms with Gasteiger partial charge < -0.3 is 5.32 Å². The maximum absolute atomic E-state index is 12.7. The van der Waals surface area contributed by atoms with Crippen LogP contribution in [0, 0.1) is 18.3 Å². The first-order valence-corrected chi connectivity index (χ1v) is 8.04. The molecule has 0 saturated carbocycles. The van der Waals surface area contributed by atoms with Crippen LogP contribution in [0.1, 0.15) is 27.0 Å². The monoisotopic (exact) mass is 335 g/mol. The molecule has 0 bridgehead atoms. The summed E-state index contributed by atoms with van der Waals surface area (Å²) >= 11 is 1.32. The number of aromatic nitrogens is 3. The molecular weight excluding hydrogens is 322 g/mol. The summed E-state index contributed by atoms with van der Waals surface area (Å²) in [7, 11) is 0. The average Bonchev–Trinajstić information content (AvgIpc) is 3.03. The van der Waals surface area contributed by atoms with Crippen molar-refractivity contribution < 1.29 is 4.79 Å². The van der Waals surface area contributed by atoms with E-state index in [-0.39, 0.29) is 5.78 Å². The van der Waals surface area contributed by atoms with E-state index in [0.29, 0.717) is 22.1 Å². The molecule has 1 atom stereocenters. The number of carbonyl (C=O) groups is 1. The summed E-state index contributed by atoms with van der Waals surface area (Å²) in [6.07, 6.45) is 4.75. The number of anilines is 2. The first-order valence-electron chi connectivity index (χ1n) is 7.16. The Morgan fingerprint density at radius 1 is 1.38 bits per heavy atom. The Hall–Kier alpha value is -3.11. The maximum atomic E-state index is 12.7. The lowest BCUT2D eigenvalue weighted by atomic mass is 9.99. The molecule has 6 nitrogen and oxygen atoms in total. The van der Waals surface area contributed by atoms with Crippen molar-refractivity contribution in [1.29, 1.82) is 5.26 Å². The van der Waals surface area contributed by atoms with Crippen LogP contribution in [0.15, 0.2) is 48.2 Å². The van der Waals surface area contributed by atoms with Gasteiger partial charge in [0, 0.05) is 34.7 Å². The van der Waals surface area contributed by atoms with E-state index < -0.39 is 5.92 Å². The zero-order chi connectivity index (χ0) is 16.9. The number of hydrogen-bond donors (Lipinski definition) is 1. The summed E-state index contributed by atoms with van der Waals surface area (Å²) < 4.78 is 0. The van der Waals surface area contributed by atoms with Gasteiger partial charge in [-0.15, -0.1) is 11.3 Å². The van der Waals surface area contributed by atoms with E-state index in [1.54, 1.807) is 36.8 Å². The fourth-order valence-corrected chi connectivity index (χ4v) is 3.00. The number of nitriles is 1. The van der Waals surface area contributed by atoms with Crippen molar-refractivity contribution in [2.24, 2.45) is 0 Å². The minimum atomic E-state index is -0.893. The topological polar surface area (TPSA) is 91.6 Å². The Kier molecular flexibility index (Phi) is 4.59. The van der Waals surface area contributed by atoms with Crippen molar-refractivity contribution in [3.8, 4) is 6.07 Å². The number of nitrogens with one attached hydrogen (secondary N) is 1. The van der Waals surface area contributed by atoms with E-state index in [4.69, 9.17) is 0 Å². The highest BCUT2D eigenvalue weighted by atomic mass is 32.1. The summed E-state index contributed by atoms with van der Waals surface area (Å²) in [6, 6.07) is 9.02. The molecule has 2 heterocycles. The molecule has 0 aliphatic heterocycles. The van der Waals surface area contributed by atoms with Gasteiger partial charge in [-0.2, -0.15) is 5.26 Å². The molecule has 7 heteroatoms. The van der Waals surface area contributed by atoms with E-state index in [0.717, 1.165) is 5.69 Å². The van der Waals surface area contributed by atoms with E-state index >= 15 is 0 Å². The Morgan fingerprint density at radius 3 is 2.92 bits per heavy atom. The molecule has 0 unspecified atom stereocenters. The molecule has 0 aliphatic rings. The molecule has 1 aromatic carbocycles. The molecule has 3 rings (SSSR count). The van der Waals surface area contributed by atoms with Crippen LogP contribution in [0.5, 0.6) is 0 Å². The lowest BCUT2D eigenvalue weighted by Gasteiger charge is -2.09. The average molecular weight is 335 g/mol. The van der Waals surface area contributed by atoms with Gasteiger partial charge in [-0.05, 0) is 19.1 Å². The zero-order valence-electron chi connectivity index (χ0n) is 12.8. The second-order valence-corrected chi connectivity index (χ2v) is 5.94. The van der Waals surface area contributed by atoms with Crippen molar-refractivity contribution in [3.05, 3.63) is 64.5 Å². The molecule has 0 radical (unpaired) electrons. The maximum Gasteiger partial charge on any atom is 0.187 e. The molecule has 24 heavy (non-hydrogen) atoms. The first-order chi connectivity index (χ1) is 11.7. The normalized spacial score (nSPS) is 11.5. The van der Waals surface area contributed by atoms with Crippen molar-refractivity contribution in [2.45, 2.75) is 12.8 Å². The molecular formula is C17H13N5OS. The third kappa shape index (κ3) is 3.45. The predicted octanol–water partition coefficient (Wildman–Crippen LogP) is 3.48. The van der Waals surface area contributed by atoms with Crippen LogP contribution >= 0.6 is 11.3 Å². The van der Waals surface area contributed by atoms with Crippen molar-refractivity contribution in [3.63, 3.8) is 0 Å². The second kappa shape index (κ2) is 6.98. The Bertz CT molecular complexity index is 901. The Balaban J connectivity index is 1.85. The third-order valence-corrected chi connectivity index (χ3v) is 4.29. The number of hydrogen-bond acceptors (Lipinski definition) is 7. The summed E-state index contributed by atoms with van der Waals surface area (Å²) in [5.41, 5.74) is 1.96. The summed E-state index contributed by atoms with van der Waals surface area (Å²) in [5, 5.41) is 14.8. The molecule has 0 spiro atoms. The Labute approximate surface area is 142 Å². The van der Waals surface area contributed by atoms with Crippen LogP contribution < -0.4 is 5.32 Å². The number of aryl methyl sites for hydroxylation is 1. The number of nitrogens with zero attached hydrogens (tertiary/aromatic N) is 4. The summed E-state index contributed by atoms with van der Waals surface area (Å²) in [4.78, 5) is 25.0. The summed E-state index contributed by atoms with van der Waals surface area (Å²) in [6.45, 7) is 1.84. The van der Waals surface area contributed by atoms with E-state index in [1.165, 1.54) is 11.3 Å². The van der Waals surface area contributed by atoms with Crippen LogP contribution in [0.2, 0.25) is 0 Å². The zero-order valence-corrected chi connectivity index (χ0v) is 13.6. The molecule has 0 aliphatic carbocycles. The number of Topliss-reactive ketones (excluding diaryl/α,β-unsaturated/α-hetero) is 1. The fraction of sp³-hybridized carbons (Fsp3) is 0.118. The first kappa shape index (κ1) is 15.8. The van der Waals surface area contributed by atoms with Gasteiger partial charge >= 0.3 is 0 Å². The molecule has 0 saturated heterocycles. The van der Waals surface area contributed by atoms with Gasteiger partial charge in [0.05, 0.1) is 12.3 Å². The van der Waals surface area contributed by atoms with Crippen molar-refractivity contribution in [2.75, 3.05) is 5.32 Å². The quantitative estimate of drug-likeness (QED) is 0.718. The third-order valence-electron chi connectivity index (χ3n) is 3.26. The SMILES string of the molecule is Cc1csc([C@@H](C#N)C(=O)c2cccc(Nc3cnccn3)c2)n1. The Morgan fingerprint density at radius 2 is 2.25 bits per heavy atom. The number of ketones is 1.